The van der Waals surface area contributed by atoms with Gasteiger partial charge in [0.1, 0.15) is 17.8 Å². The number of likely N-dealkylation sites (tertiary alicyclic amines) is 1. The standard InChI is InChI=1S/C32H37N9O3.C6H13NO.C4H9N/c1-3-28-31-24(13-35-41(31)22-15-40(16-22)14-20-6-4-7-21(17-42)36-20)23-8-5-9-26(30(23)39(28)2)37-27(25(33)18-43)12-29(34)38-32(44)19-10-11-19;1-6-5-7(2)3-4-8-6;1-5-4-2-3-4/h4-9,12-13,17-19,22,28,37,43H,3,10-11,14-16,33H2,1-2H3,(H2,34,38,44);6H,3-5H2,1-2H3;4-5H,2-3H2,1H3/b25-18+,27-12+;;/t;6-;/m.1./s1. The maximum Gasteiger partial charge on any atom is 0.250 e. The summed E-state index contributed by atoms with van der Waals surface area (Å²) >= 11 is 0. The first-order valence-electron chi connectivity index (χ1n) is 20.0. The number of aliphatic hydroxyl groups excluding tert-OH is 1. The number of aliphatic imine (C=N–C) groups is 1. The number of fused-ring (bicyclic) bond motifs is 3. The minimum atomic E-state index is -0.241. The molecule has 15 nitrogen and oxygen atoms in total. The molecule has 1 amide bonds. The number of anilines is 2. The Morgan fingerprint density at radius 2 is 1.82 bits per heavy atom. The normalized spacial score (nSPS) is 21.6. The van der Waals surface area contributed by atoms with Gasteiger partial charge in [0, 0.05) is 68.9 Å². The number of carbonyl (C=O) groups excluding carboxylic acids is 2. The zero-order chi connectivity index (χ0) is 40.6. The highest BCUT2D eigenvalue weighted by atomic mass is 16.5. The second-order valence-electron chi connectivity index (χ2n) is 15.6. The highest BCUT2D eigenvalue weighted by molar-refractivity contribution is 6.02. The second-order valence-corrected chi connectivity index (χ2v) is 15.6. The number of hydrogen-bond donors (Lipinski definition) is 5. The SMILES string of the molecule is CCC1c2c(cnn2C2CN(Cc3cccc(C=O)n3)C2)-c2cccc(NC(=C/C(N)=NC(=O)C3CC3)/C(N)=C\O)c2N1C.CNC1CC1.C[C@@H]1CN(C)CCO1. The lowest BCUT2D eigenvalue weighted by atomic mass is 9.91. The highest BCUT2D eigenvalue weighted by Crippen LogP contribution is 2.49. The van der Waals surface area contributed by atoms with Crippen LogP contribution in [0.1, 0.15) is 79.9 Å². The number of amidine groups is 1. The molecule has 1 aromatic carbocycles. The molecular formula is C42H59N11O4. The van der Waals surface area contributed by atoms with Gasteiger partial charge in [0.25, 0.3) is 5.91 Å². The summed E-state index contributed by atoms with van der Waals surface area (Å²) in [6.07, 6.45) is 10.7. The first-order valence-corrected chi connectivity index (χ1v) is 20.0. The Labute approximate surface area is 335 Å². The summed E-state index contributed by atoms with van der Waals surface area (Å²) in [7, 11) is 6.20. The van der Waals surface area contributed by atoms with Crippen molar-refractivity contribution in [3.05, 3.63) is 83.4 Å². The monoisotopic (exact) mass is 781 g/mol. The maximum absolute atomic E-state index is 12.2. The van der Waals surface area contributed by atoms with E-state index >= 15 is 0 Å². The molecule has 0 bridgehead atoms. The number of pyridine rings is 1. The van der Waals surface area contributed by atoms with Crippen LogP contribution in [0.4, 0.5) is 11.4 Å². The van der Waals surface area contributed by atoms with Crippen molar-refractivity contribution in [2.45, 2.75) is 76.7 Å². The highest BCUT2D eigenvalue weighted by Gasteiger charge is 2.38. The minimum Gasteiger partial charge on any atom is -0.513 e. The molecule has 0 spiro atoms. The summed E-state index contributed by atoms with van der Waals surface area (Å²) in [5.74, 6) is -0.278. The third kappa shape index (κ3) is 10.5. The predicted octanol–water partition coefficient (Wildman–Crippen LogP) is 4.37. The third-order valence-electron chi connectivity index (χ3n) is 10.9. The van der Waals surface area contributed by atoms with Gasteiger partial charge in [0.15, 0.2) is 6.29 Å². The minimum absolute atomic E-state index is 0.0177. The molecule has 5 aliphatic rings. The molecule has 7 N–H and O–H groups in total. The molecule has 2 saturated heterocycles. The quantitative estimate of drug-likeness (QED) is 0.0607. The molecule has 3 aromatic rings. The van der Waals surface area contributed by atoms with E-state index in [1.807, 2.05) is 37.5 Å². The van der Waals surface area contributed by atoms with Gasteiger partial charge >= 0.3 is 0 Å². The number of rotatable bonds is 11. The Morgan fingerprint density at radius 3 is 2.42 bits per heavy atom. The van der Waals surface area contributed by atoms with E-state index in [1.165, 1.54) is 24.6 Å². The van der Waals surface area contributed by atoms with E-state index in [0.29, 0.717) is 24.0 Å². The van der Waals surface area contributed by atoms with Crippen molar-refractivity contribution in [3.8, 4) is 11.1 Å². The summed E-state index contributed by atoms with van der Waals surface area (Å²) in [4.78, 5) is 38.5. The third-order valence-corrected chi connectivity index (χ3v) is 10.9. The van der Waals surface area contributed by atoms with Crippen LogP contribution in [0.3, 0.4) is 0 Å². The molecule has 57 heavy (non-hydrogen) atoms. The Balaban J connectivity index is 0.000000357. The van der Waals surface area contributed by atoms with Crippen molar-refractivity contribution in [2.75, 3.05) is 64.1 Å². The molecule has 2 aliphatic carbocycles. The van der Waals surface area contributed by atoms with Crippen LogP contribution in [0.5, 0.6) is 0 Å². The number of hydrogen-bond acceptors (Lipinski definition) is 12. The number of para-hydroxylation sites is 1. The number of aldehydes is 1. The fourth-order valence-corrected chi connectivity index (χ4v) is 7.46. The van der Waals surface area contributed by atoms with E-state index in [9.17, 15) is 14.7 Å². The van der Waals surface area contributed by atoms with Gasteiger partial charge in [0.05, 0.1) is 65.1 Å². The molecule has 306 valence electrons. The van der Waals surface area contributed by atoms with E-state index < -0.39 is 0 Å². The number of nitrogens with two attached hydrogens (primary N) is 2. The van der Waals surface area contributed by atoms with Crippen LogP contribution in [-0.4, -0.2) is 114 Å². The van der Waals surface area contributed by atoms with Crippen LogP contribution >= 0.6 is 0 Å². The summed E-state index contributed by atoms with van der Waals surface area (Å²) in [5, 5.41) is 21.1. The number of amides is 1. The molecule has 2 saturated carbocycles. The molecule has 0 radical (unpaired) electrons. The Morgan fingerprint density at radius 1 is 1.07 bits per heavy atom. The van der Waals surface area contributed by atoms with Crippen LogP contribution in [-0.2, 0) is 16.1 Å². The van der Waals surface area contributed by atoms with Gasteiger partial charge in [-0.2, -0.15) is 10.1 Å². The van der Waals surface area contributed by atoms with Gasteiger partial charge in [0.2, 0.25) is 0 Å². The van der Waals surface area contributed by atoms with E-state index in [4.69, 9.17) is 21.3 Å². The first kappa shape index (κ1) is 41.5. The van der Waals surface area contributed by atoms with Crippen LogP contribution in [0.25, 0.3) is 11.1 Å². The van der Waals surface area contributed by atoms with Crippen molar-refractivity contribution < 1.29 is 19.4 Å². The Hall–Kier alpha value is -5.09. The Bertz CT molecular complexity index is 1950. The van der Waals surface area contributed by atoms with Crippen molar-refractivity contribution in [2.24, 2.45) is 22.4 Å². The number of benzene rings is 1. The van der Waals surface area contributed by atoms with Crippen LogP contribution in [0.2, 0.25) is 0 Å². The lowest BCUT2D eigenvalue weighted by molar-refractivity contribution is -0.118. The molecule has 4 fully saturated rings. The number of ether oxygens (including phenoxy) is 1. The van der Waals surface area contributed by atoms with E-state index in [-0.39, 0.29) is 35.4 Å². The van der Waals surface area contributed by atoms with E-state index in [0.717, 1.165) is 98.8 Å². The lowest BCUT2D eigenvalue weighted by Crippen LogP contribution is -2.48. The zero-order valence-corrected chi connectivity index (χ0v) is 33.9. The molecular weight excluding hydrogens is 723 g/mol. The summed E-state index contributed by atoms with van der Waals surface area (Å²) in [5.41, 5.74) is 18.9. The van der Waals surface area contributed by atoms with E-state index in [2.05, 4.69) is 74.0 Å². The smallest absolute Gasteiger partial charge is 0.250 e. The fraction of sp³-hybridized carbons (Fsp3) is 0.500. The van der Waals surface area contributed by atoms with Crippen LogP contribution < -0.4 is 27.0 Å². The predicted molar refractivity (Wildman–Crippen MR) is 224 cm³/mol. The van der Waals surface area contributed by atoms with Gasteiger partial charge in [-0.25, -0.2) is 4.98 Å². The molecule has 2 atom stereocenters. The van der Waals surface area contributed by atoms with E-state index in [1.54, 1.807) is 6.07 Å². The van der Waals surface area contributed by atoms with Gasteiger partial charge in [-0.15, -0.1) is 0 Å². The number of nitrogens with zero attached hydrogens (tertiary/aromatic N) is 7. The van der Waals surface area contributed by atoms with Gasteiger partial charge < -0.3 is 41.7 Å². The number of aliphatic hydroxyl groups is 1. The average molecular weight is 782 g/mol. The fourth-order valence-electron chi connectivity index (χ4n) is 7.46. The molecule has 5 heterocycles. The number of nitrogens with one attached hydrogen (secondary N) is 2. The van der Waals surface area contributed by atoms with Crippen LogP contribution in [0, 0.1) is 5.92 Å². The second kappa shape index (κ2) is 18.9. The maximum atomic E-state index is 12.2. The van der Waals surface area contributed by atoms with Crippen molar-refractivity contribution in [1.82, 2.24) is 29.9 Å². The Kier molecular flexibility index (Phi) is 13.8. The zero-order valence-electron chi connectivity index (χ0n) is 33.9. The van der Waals surface area contributed by atoms with Crippen molar-refractivity contribution >= 4 is 29.4 Å². The van der Waals surface area contributed by atoms with Crippen molar-refractivity contribution in [1.29, 1.82) is 0 Å². The summed E-state index contributed by atoms with van der Waals surface area (Å²) < 4.78 is 7.47. The van der Waals surface area contributed by atoms with Crippen LogP contribution in [0.15, 0.2) is 71.3 Å². The van der Waals surface area contributed by atoms with Gasteiger partial charge in [-0.1, -0.05) is 25.1 Å². The lowest BCUT2D eigenvalue weighted by Gasteiger charge is -2.43. The molecule has 2 aromatic heterocycles. The number of likely N-dealkylation sites (N-methyl/N-ethyl adjacent to an activating group) is 1. The molecule has 1 unspecified atom stereocenters. The van der Waals surface area contributed by atoms with Crippen molar-refractivity contribution in [3.63, 3.8) is 0 Å². The molecule has 15 heteroatoms. The molecule has 3 aliphatic heterocycles. The summed E-state index contributed by atoms with van der Waals surface area (Å²) in [6, 6.07) is 12.7. The number of morpholine rings is 1. The number of carbonyl (C=O) groups is 2. The molecule has 8 rings (SSSR count). The first-order chi connectivity index (χ1) is 27.5. The largest absolute Gasteiger partial charge is 0.513 e. The van der Waals surface area contributed by atoms with Gasteiger partial charge in [-0.05, 0) is 71.3 Å². The summed E-state index contributed by atoms with van der Waals surface area (Å²) in [6.45, 7) is 9.69. The number of aromatic nitrogens is 3. The van der Waals surface area contributed by atoms with Gasteiger partial charge in [-0.3, -0.25) is 19.2 Å². The topological polar surface area (TPSA) is 192 Å². The average Bonchev–Trinajstić information content (AvgIpc) is 4.14.